The van der Waals surface area contributed by atoms with E-state index in [4.69, 9.17) is 19.0 Å². The number of carbonyl (C=O) groups is 1. The van der Waals surface area contributed by atoms with Gasteiger partial charge in [-0.1, -0.05) is 38.1 Å². The Bertz CT molecular complexity index is 1330. The van der Waals surface area contributed by atoms with E-state index in [2.05, 4.69) is 0 Å². The monoisotopic (exact) mass is 503 g/mol. The molecule has 0 saturated carbocycles. The lowest BCUT2D eigenvalue weighted by Crippen LogP contribution is -2.37. The average molecular weight is 504 g/mol. The van der Waals surface area contributed by atoms with Gasteiger partial charge in [0.15, 0.2) is 5.76 Å². The SMILES string of the molecule is CC(C)c1nn(-c2ccccc2)c(Oc2cccc(F)c2)c1CN(C[C@@H]1CCCO1)C(=O)c1ccco1. The molecule has 0 aliphatic carbocycles. The predicted molar refractivity (Wildman–Crippen MR) is 137 cm³/mol. The van der Waals surface area contributed by atoms with Crippen LogP contribution in [0.2, 0.25) is 0 Å². The largest absolute Gasteiger partial charge is 0.459 e. The lowest BCUT2D eigenvalue weighted by atomic mass is 10.0. The van der Waals surface area contributed by atoms with Crippen molar-refractivity contribution in [1.82, 2.24) is 14.7 Å². The van der Waals surface area contributed by atoms with Gasteiger partial charge in [-0.3, -0.25) is 4.79 Å². The first kappa shape index (κ1) is 24.8. The maximum absolute atomic E-state index is 14.0. The molecule has 0 spiro atoms. The Hall–Kier alpha value is -3.91. The molecule has 3 heterocycles. The topological polar surface area (TPSA) is 69.7 Å². The molecule has 1 atom stereocenters. The fraction of sp³-hybridized carbons (Fsp3) is 0.310. The molecule has 1 saturated heterocycles. The van der Waals surface area contributed by atoms with Crippen molar-refractivity contribution in [3.05, 3.63) is 95.8 Å². The van der Waals surface area contributed by atoms with Crippen molar-refractivity contribution in [3.8, 4) is 17.3 Å². The van der Waals surface area contributed by atoms with Crippen molar-refractivity contribution < 1.29 is 23.1 Å². The average Bonchev–Trinajstić information content (AvgIpc) is 3.67. The Morgan fingerprint density at radius 1 is 1.16 bits per heavy atom. The zero-order valence-corrected chi connectivity index (χ0v) is 21.0. The van der Waals surface area contributed by atoms with Crippen molar-refractivity contribution in [2.45, 2.75) is 45.3 Å². The molecule has 2 aromatic heterocycles. The number of halogens is 1. The second-order valence-corrected chi connectivity index (χ2v) is 9.43. The van der Waals surface area contributed by atoms with Gasteiger partial charge in [0.05, 0.1) is 35.9 Å². The number of para-hydroxylation sites is 1. The van der Waals surface area contributed by atoms with E-state index >= 15 is 0 Å². The van der Waals surface area contributed by atoms with Crippen LogP contribution in [0.5, 0.6) is 11.6 Å². The summed E-state index contributed by atoms with van der Waals surface area (Å²) in [6.45, 7) is 5.42. The van der Waals surface area contributed by atoms with E-state index in [1.165, 1.54) is 18.4 Å². The van der Waals surface area contributed by atoms with Crippen LogP contribution in [0, 0.1) is 5.82 Å². The van der Waals surface area contributed by atoms with Crippen LogP contribution in [-0.4, -0.2) is 39.8 Å². The molecule has 1 aliphatic rings. The molecule has 5 rings (SSSR count). The van der Waals surface area contributed by atoms with Crippen molar-refractivity contribution >= 4 is 5.91 Å². The number of hydrogen-bond acceptors (Lipinski definition) is 5. The smallest absolute Gasteiger partial charge is 0.289 e. The zero-order chi connectivity index (χ0) is 25.8. The maximum atomic E-state index is 14.0. The van der Waals surface area contributed by atoms with E-state index in [9.17, 15) is 9.18 Å². The highest BCUT2D eigenvalue weighted by Crippen LogP contribution is 2.35. The Labute approximate surface area is 215 Å². The van der Waals surface area contributed by atoms with Crippen LogP contribution >= 0.6 is 0 Å². The Kier molecular flexibility index (Phi) is 7.37. The Morgan fingerprint density at radius 2 is 2.00 bits per heavy atom. The summed E-state index contributed by atoms with van der Waals surface area (Å²) in [5.74, 6) is 0.438. The summed E-state index contributed by atoms with van der Waals surface area (Å²) < 4.78 is 33.4. The lowest BCUT2D eigenvalue weighted by Gasteiger charge is -2.25. The zero-order valence-electron chi connectivity index (χ0n) is 21.0. The van der Waals surface area contributed by atoms with Crippen molar-refractivity contribution in [3.63, 3.8) is 0 Å². The molecular weight excluding hydrogens is 473 g/mol. The van der Waals surface area contributed by atoms with E-state index in [1.807, 2.05) is 44.2 Å². The normalized spacial score (nSPS) is 15.3. The molecular formula is C29H30FN3O4. The molecule has 0 N–H and O–H groups in total. The number of ether oxygens (including phenoxy) is 2. The number of rotatable bonds is 9. The van der Waals surface area contributed by atoms with Crippen LogP contribution < -0.4 is 4.74 Å². The molecule has 0 bridgehead atoms. The molecule has 192 valence electrons. The molecule has 1 aliphatic heterocycles. The van der Waals surface area contributed by atoms with Gasteiger partial charge in [0, 0.05) is 19.2 Å². The van der Waals surface area contributed by atoms with Gasteiger partial charge in [0.1, 0.15) is 11.6 Å². The van der Waals surface area contributed by atoms with Crippen LogP contribution in [0.3, 0.4) is 0 Å². The molecule has 1 fully saturated rings. The minimum Gasteiger partial charge on any atom is -0.459 e. The number of hydrogen-bond donors (Lipinski definition) is 0. The number of benzene rings is 2. The number of nitrogens with zero attached hydrogens (tertiary/aromatic N) is 3. The summed E-state index contributed by atoms with van der Waals surface area (Å²) in [6, 6.07) is 19.0. The first-order valence-electron chi connectivity index (χ1n) is 12.5. The van der Waals surface area contributed by atoms with Crippen LogP contribution in [0.1, 0.15) is 54.4 Å². The standard InChI is InChI=1S/C29H30FN3O4/c1-20(2)27-25(19-32(18-24-13-7-15-35-24)28(34)26-14-8-16-36-26)29(37-23-12-6-9-21(30)17-23)33(31-27)22-10-4-3-5-11-22/h3-6,8-12,14,16-17,20,24H,7,13,15,18-19H2,1-2H3/t24-/m0/s1. The summed E-state index contributed by atoms with van der Waals surface area (Å²) in [5, 5.41) is 4.91. The first-order chi connectivity index (χ1) is 18.0. The fourth-order valence-electron chi connectivity index (χ4n) is 4.55. The van der Waals surface area contributed by atoms with Gasteiger partial charge < -0.3 is 18.8 Å². The summed E-state index contributed by atoms with van der Waals surface area (Å²) in [7, 11) is 0. The summed E-state index contributed by atoms with van der Waals surface area (Å²) in [4.78, 5) is 15.3. The van der Waals surface area contributed by atoms with Crippen LogP contribution in [-0.2, 0) is 11.3 Å². The van der Waals surface area contributed by atoms with Gasteiger partial charge in [-0.05, 0) is 55.2 Å². The Morgan fingerprint density at radius 3 is 2.68 bits per heavy atom. The van der Waals surface area contributed by atoms with Gasteiger partial charge >= 0.3 is 0 Å². The van der Waals surface area contributed by atoms with Crippen molar-refractivity contribution in [1.29, 1.82) is 0 Å². The van der Waals surface area contributed by atoms with E-state index in [0.29, 0.717) is 24.8 Å². The summed E-state index contributed by atoms with van der Waals surface area (Å²) in [5.41, 5.74) is 2.34. The molecule has 0 unspecified atom stereocenters. The summed E-state index contributed by atoms with van der Waals surface area (Å²) in [6.07, 6.45) is 3.28. The number of amides is 1. The minimum atomic E-state index is -0.401. The minimum absolute atomic E-state index is 0.0399. The third kappa shape index (κ3) is 5.59. The van der Waals surface area contributed by atoms with Gasteiger partial charge in [-0.15, -0.1) is 0 Å². The van der Waals surface area contributed by atoms with E-state index < -0.39 is 5.82 Å². The van der Waals surface area contributed by atoms with E-state index in [-0.39, 0.29) is 30.2 Å². The molecule has 0 radical (unpaired) electrons. The highest BCUT2D eigenvalue weighted by molar-refractivity contribution is 5.91. The number of aromatic nitrogens is 2. The number of carbonyl (C=O) groups excluding carboxylic acids is 1. The number of furan rings is 1. The van der Waals surface area contributed by atoms with E-state index in [0.717, 1.165) is 29.8 Å². The summed E-state index contributed by atoms with van der Waals surface area (Å²) >= 11 is 0. The molecule has 4 aromatic rings. The second-order valence-electron chi connectivity index (χ2n) is 9.43. The quantitative estimate of drug-likeness (QED) is 0.267. The lowest BCUT2D eigenvalue weighted by molar-refractivity contribution is 0.0482. The highest BCUT2D eigenvalue weighted by Gasteiger charge is 2.30. The van der Waals surface area contributed by atoms with Gasteiger partial charge in [-0.25, -0.2) is 9.07 Å². The van der Waals surface area contributed by atoms with E-state index in [1.54, 1.807) is 33.8 Å². The van der Waals surface area contributed by atoms with Crippen LogP contribution in [0.25, 0.3) is 5.69 Å². The molecule has 7 nitrogen and oxygen atoms in total. The van der Waals surface area contributed by atoms with Gasteiger partial charge in [0.2, 0.25) is 5.88 Å². The maximum Gasteiger partial charge on any atom is 0.289 e. The molecule has 8 heteroatoms. The molecule has 37 heavy (non-hydrogen) atoms. The third-order valence-electron chi connectivity index (χ3n) is 6.34. The van der Waals surface area contributed by atoms with Crippen molar-refractivity contribution in [2.75, 3.05) is 13.2 Å². The first-order valence-corrected chi connectivity index (χ1v) is 12.5. The third-order valence-corrected chi connectivity index (χ3v) is 6.34. The molecule has 2 aromatic carbocycles. The van der Waals surface area contributed by atoms with Gasteiger partial charge in [0.25, 0.3) is 5.91 Å². The fourth-order valence-corrected chi connectivity index (χ4v) is 4.55. The highest BCUT2D eigenvalue weighted by atomic mass is 19.1. The van der Waals surface area contributed by atoms with Crippen LogP contribution in [0.15, 0.2) is 77.4 Å². The Balaban J connectivity index is 1.60. The van der Waals surface area contributed by atoms with Gasteiger partial charge in [-0.2, -0.15) is 5.10 Å². The van der Waals surface area contributed by atoms with Crippen LogP contribution in [0.4, 0.5) is 4.39 Å². The van der Waals surface area contributed by atoms with Crippen molar-refractivity contribution in [2.24, 2.45) is 0 Å². The predicted octanol–water partition coefficient (Wildman–Crippen LogP) is 6.34. The second kappa shape index (κ2) is 11.0. The molecule has 1 amide bonds.